The summed E-state index contributed by atoms with van der Waals surface area (Å²) in [6, 6.07) is 6.34. The zero-order chi connectivity index (χ0) is 15.7. The van der Waals surface area contributed by atoms with Gasteiger partial charge in [-0.05, 0) is 57.7 Å². The Morgan fingerprint density at radius 2 is 1.86 bits per heavy atom. The fourth-order valence-corrected chi connectivity index (χ4v) is 2.81. The molecular weight excluding hydrogens is 290 g/mol. The third-order valence-corrected chi connectivity index (χ3v) is 4.32. The van der Waals surface area contributed by atoms with Gasteiger partial charge in [0.2, 0.25) is 10.0 Å². The van der Waals surface area contributed by atoms with Gasteiger partial charge in [0.25, 0.3) is 0 Å². The maximum absolute atomic E-state index is 12.1. The number of hydrogen-bond acceptors (Lipinski definition) is 5. The summed E-state index contributed by atoms with van der Waals surface area (Å²) in [7, 11) is 0.555. The molecule has 0 radical (unpaired) electrons. The summed E-state index contributed by atoms with van der Waals surface area (Å²) in [5, 5.41) is 0. The molecule has 6 nitrogen and oxygen atoms in total. The average molecular weight is 315 g/mol. The second-order valence-electron chi connectivity index (χ2n) is 5.02. The Balaban J connectivity index is 2.46. The van der Waals surface area contributed by atoms with Crippen LogP contribution in [0, 0.1) is 0 Å². The summed E-state index contributed by atoms with van der Waals surface area (Å²) < 4.78 is 32.1. The van der Waals surface area contributed by atoms with E-state index in [9.17, 15) is 8.42 Å². The molecule has 0 aromatic heterocycles. The fraction of sp³-hybridized carbons (Fsp3) is 0.571. The molecule has 0 fully saturated rings. The van der Waals surface area contributed by atoms with Crippen LogP contribution in [0.5, 0.6) is 5.75 Å². The van der Waals surface area contributed by atoms with Gasteiger partial charge in [0.05, 0.1) is 4.90 Å². The van der Waals surface area contributed by atoms with Gasteiger partial charge in [-0.2, -0.15) is 0 Å². The standard InChI is InChI=1S/C14H25N3O3S/c1-17(2)11-4-3-10-16-21(18,19)14-7-5-13(6-8-14)20-12-9-15/h5-8,16H,3-4,9-12,15H2,1-2H3. The molecule has 0 heterocycles. The summed E-state index contributed by atoms with van der Waals surface area (Å²) in [5.41, 5.74) is 5.34. The van der Waals surface area contributed by atoms with Crippen molar-refractivity contribution in [3.8, 4) is 5.75 Å². The minimum Gasteiger partial charge on any atom is -0.492 e. The molecule has 0 aliphatic heterocycles. The predicted octanol–water partition coefficient (Wildman–Crippen LogP) is 0.644. The monoisotopic (exact) mass is 315 g/mol. The number of unbranched alkanes of at least 4 members (excludes halogenated alkanes) is 1. The fourth-order valence-electron chi connectivity index (χ4n) is 1.73. The molecule has 0 saturated carbocycles. The molecule has 1 rings (SSSR count). The van der Waals surface area contributed by atoms with E-state index in [-0.39, 0.29) is 4.90 Å². The van der Waals surface area contributed by atoms with Gasteiger partial charge in [-0.3, -0.25) is 0 Å². The van der Waals surface area contributed by atoms with Crippen LogP contribution in [0.1, 0.15) is 12.8 Å². The smallest absolute Gasteiger partial charge is 0.240 e. The minimum absolute atomic E-state index is 0.246. The zero-order valence-corrected chi connectivity index (χ0v) is 13.5. The number of benzene rings is 1. The lowest BCUT2D eigenvalue weighted by Crippen LogP contribution is -2.25. The summed E-state index contributed by atoms with van der Waals surface area (Å²) >= 11 is 0. The quantitative estimate of drug-likeness (QED) is 0.619. The SMILES string of the molecule is CN(C)CCCCNS(=O)(=O)c1ccc(OCCN)cc1. The summed E-state index contributed by atoms with van der Waals surface area (Å²) in [4.78, 5) is 2.32. The van der Waals surface area contributed by atoms with Crippen molar-refractivity contribution in [2.75, 3.05) is 40.3 Å². The van der Waals surface area contributed by atoms with Gasteiger partial charge in [0.15, 0.2) is 0 Å². The van der Waals surface area contributed by atoms with E-state index in [2.05, 4.69) is 9.62 Å². The molecule has 3 N–H and O–H groups in total. The Bertz CT molecular complexity index is 501. The molecule has 7 heteroatoms. The van der Waals surface area contributed by atoms with Crippen LogP contribution < -0.4 is 15.2 Å². The van der Waals surface area contributed by atoms with Gasteiger partial charge in [-0.25, -0.2) is 13.1 Å². The highest BCUT2D eigenvalue weighted by molar-refractivity contribution is 7.89. The third-order valence-electron chi connectivity index (χ3n) is 2.84. The second-order valence-corrected chi connectivity index (χ2v) is 6.78. The molecule has 0 aliphatic rings. The number of nitrogens with zero attached hydrogens (tertiary/aromatic N) is 1. The van der Waals surface area contributed by atoms with Crippen molar-refractivity contribution in [3.05, 3.63) is 24.3 Å². The first-order valence-corrected chi connectivity index (χ1v) is 8.51. The molecule has 0 atom stereocenters. The van der Waals surface area contributed by atoms with E-state index in [4.69, 9.17) is 10.5 Å². The molecule has 0 amide bonds. The number of nitrogens with two attached hydrogens (primary N) is 1. The molecule has 0 unspecified atom stereocenters. The Hall–Kier alpha value is -1.15. The van der Waals surface area contributed by atoms with Crippen LogP contribution in [-0.4, -0.2) is 53.7 Å². The maximum Gasteiger partial charge on any atom is 0.240 e. The van der Waals surface area contributed by atoms with Crippen LogP contribution in [0.4, 0.5) is 0 Å². The Kier molecular flexibility index (Phi) is 7.66. The summed E-state index contributed by atoms with van der Waals surface area (Å²) in [6.07, 6.45) is 1.77. The average Bonchev–Trinajstić information content (AvgIpc) is 2.44. The largest absolute Gasteiger partial charge is 0.492 e. The number of hydrogen-bond donors (Lipinski definition) is 2. The van der Waals surface area contributed by atoms with E-state index in [0.29, 0.717) is 25.4 Å². The molecule has 0 saturated heterocycles. The zero-order valence-electron chi connectivity index (χ0n) is 12.7. The Labute approximate surface area is 127 Å². The van der Waals surface area contributed by atoms with E-state index in [1.54, 1.807) is 12.1 Å². The number of nitrogens with one attached hydrogen (secondary N) is 1. The van der Waals surface area contributed by atoms with Gasteiger partial charge in [-0.1, -0.05) is 0 Å². The van der Waals surface area contributed by atoms with E-state index >= 15 is 0 Å². The van der Waals surface area contributed by atoms with E-state index in [1.807, 2.05) is 14.1 Å². The van der Waals surface area contributed by atoms with Gasteiger partial charge < -0.3 is 15.4 Å². The molecule has 0 aliphatic carbocycles. The minimum atomic E-state index is -3.44. The van der Waals surface area contributed by atoms with Gasteiger partial charge in [-0.15, -0.1) is 0 Å². The Morgan fingerprint density at radius 3 is 2.43 bits per heavy atom. The van der Waals surface area contributed by atoms with Crippen LogP contribution in [-0.2, 0) is 10.0 Å². The predicted molar refractivity (Wildman–Crippen MR) is 84.0 cm³/mol. The second kappa shape index (κ2) is 8.99. The van der Waals surface area contributed by atoms with Crippen molar-refractivity contribution in [2.24, 2.45) is 5.73 Å². The number of rotatable bonds is 10. The number of ether oxygens (including phenoxy) is 1. The van der Waals surface area contributed by atoms with Crippen LogP contribution in [0.15, 0.2) is 29.2 Å². The van der Waals surface area contributed by atoms with Crippen LogP contribution in [0.2, 0.25) is 0 Å². The lowest BCUT2D eigenvalue weighted by atomic mass is 10.3. The van der Waals surface area contributed by atoms with E-state index in [1.165, 1.54) is 12.1 Å². The maximum atomic E-state index is 12.1. The Morgan fingerprint density at radius 1 is 1.19 bits per heavy atom. The molecule has 0 bridgehead atoms. The van der Waals surface area contributed by atoms with Crippen LogP contribution >= 0.6 is 0 Å². The van der Waals surface area contributed by atoms with Crippen molar-refractivity contribution < 1.29 is 13.2 Å². The first-order valence-electron chi connectivity index (χ1n) is 7.03. The normalized spacial score (nSPS) is 11.8. The molecule has 120 valence electrons. The van der Waals surface area contributed by atoms with Gasteiger partial charge in [0, 0.05) is 13.1 Å². The van der Waals surface area contributed by atoms with Crippen molar-refractivity contribution in [3.63, 3.8) is 0 Å². The van der Waals surface area contributed by atoms with E-state index < -0.39 is 10.0 Å². The highest BCUT2D eigenvalue weighted by Gasteiger charge is 2.13. The topological polar surface area (TPSA) is 84.7 Å². The lowest BCUT2D eigenvalue weighted by molar-refractivity contribution is 0.328. The lowest BCUT2D eigenvalue weighted by Gasteiger charge is -2.10. The van der Waals surface area contributed by atoms with Gasteiger partial charge >= 0.3 is 0 Å². The van der Waals surface area contributed by atoms with Crippen molar-refractivity contribution in [1.29, 1.82) is 0 Å². The third kappa shape index (κ3) is 6.90. The summed E-state index contributed by atoms with van der Waals surface area (Å²) in [6.45, 7) is 2.24. The van der Waals surface area contributed by atoms with Gasteiger partial charge in [0.1, 0.15) is 12.4 Å². The molecule has 21 heavy (non-hydrogen) atoms. The number of sulfonamides is 1. The first-order chi connectivity index (χ1) is 9.95. The van der Waals surface area contributed by atoms with Crippen molar-refractivity contribution in [1.82, 2.24) is 9.62 Å². The van der Waals surface area contributed by atoms with E-state index in [0.717, 1.165) is 19.4 Å². The molecular formula is C14H25N3O3S. The molecule has 1 aromatic rings. The molecule has 0 spiro atoms. The van der Waals surface area contributed by atoms with Crippen LogP contribution in [0.3, 0.4) is 0 Å². The van der Waals surface area contributed by atoms with Crippen molar-refractivity contribution in [2.45, 2.75) is 17.7 Å². The van der Waals surface area contributed by atoms with Crippen LogP contribution in [0.25, 0.3) is 0 Å². The highest BCUT2D eigenvalue weighted by Crippen LogP contribution is 2.15. The summed E-state index contributed by atoms with van der Waals surface area (Å²) in [5.74, 6) is 0.616. The highest BCUT2D eigenvalue weighted by atomic mass is 32.2. The molecule has 1 aromatic carbocycles. The van der Waals surface area contributed by atoms with Crippen molar-refractivity contribution >= 4 is 10.0 Å². The first kappa shape index (κ1) is 17.9.